The number of rotatable bonds is 6. The van der Waals surface area contributed by atoms with Crippen LogP contribution in [0.15, 0.2) is 24.3 Å². The number of halogens is 1. The normalized spacial score (nSPS) is 23.8. The third-order valence-electron chi connectivity index (χ3n) is 8.17. The molecule has 3 fully saturated rings. The van der Waals surface area contributed by atoms with Crippen LogP contribution in [0.1, 0.15) is 102 Å². The fourth-order valence-corrected chi connectivity index (χ4v) is 39.7. The van der Waals surface area contributed by atoms with E-state index < -0.39 is 17.0 Å². The second-order valence-electron chi connectivity index (χ2n) is 9.74. The van der Waals surface area contributed by atoms with Crippen molar-refractivity contribution in [1.82, 2.24) is 0 Å². The van der Waals surface area contributed by atoms with Gasteiger partial charge < -0.3 is 0 Å². The van der Waals surface area contributed by atoms with E-state index in [0.717, 1.165) is 16.8 Å². The minimum atomic E-state index is -2.44. The van der Waals surface area contributed by atoms with E-state index in [2.05, 4.69) is 33.2 Å². The third kappa shape index (κ3) is 4.93. The van der Waals surface area contributed by atoms with Gasteiger partial charge in [0.05, 0.1) is 0 Å². The summed E-state index contributed by atoms with van der Waals surface area (Å²) in [6.45, 7) is 0. The first-order valence-electron chi connectivity index (χ1n) is 12.2. The Labute approximate surface area is 185 Å². The van der Waals surface area contributed by atoms with Crippen molar-refractivity contribution in [3.8, 4) is 0 Å². The summed E-state index contributed by atoms with van der Waals surface area (Å²) in [6.07, 6.45) is 23.1. The van der Waals surface area contributed by atoms with Crippen molar-refractivity contribution in [3.63, 3.8) is 0 Å². The van der Waals surface area contributed by atoms with E-state index in [-0.39, 0.29) is 0 Å². The molecule has 0 spiro atoms. The molecule has 3 saturated carbocycles. The molecule has 0 N–H and O–H groups in total. The van der Waals surface area contributed by atoms with Crippen molar-refractivity contribution in [3.05, 3.63) is 34.9 Å². The van der Waals surface area contributed by atoms with Gasteiger partial charge in [0.2, 0.25) is 0 Å². The molecule has 0 radical (unpaired) electrons. The van der Waals surface area contributed by atoms with E-state index >= 15 is 0 Å². The molecule has 0 unspecified atom stereocenters. The van der Waals surface area contributed by atoms with Crippen molar-refractivity contribution in [2.75, 3.05) is 0 Å². The quantitative estimate of drug-likeness (QED) is 0.333. The fourth-order valence-electron chi connectivity index (χ4n) is 6.83. The molecule has 0 aromatic heterocycles. The standard InChI is InChI=1S/C7H7ClS.3C6H11.Sn/c8-7-4-2-1-3-6(7)5-9;3*1-2-4-6-5-3-1;/h1-4,9H,5H2;3*1H,2-6H2;/q;;;;+1/p-1. The maximum atomic E-state index is 6.62. The number of hydrogen-bond donors (Lipinski definition) is 0. The van der Waals surface area contributed by atoms with Gasteiger partial charge in [-0.1, -0.05) is 0 Å². The Bertz CT molecular complexity index is 555. The Morgan fingerprint density at radius 3 is 1.54 bits per heavy atom. The molecular weight excluding hydrogens is 487 g/mol. The predicted octanol–water partition coefficient (Wildman–Crippen LogP) is 9.52. The molecule has 3 aliphatic rings. The number of benzene rings is 1. The first kappa shape index (κ1) is 21.9. The molecule has 3 heteroatoms. The van der Waals surface area contributed by atoms with Gasteiger partial charge in [-0.05, 0) is 0 Å². The van der Waals surface area contributed by atoms with E-state index in [1.165, 1.54) is 69.1 Å². The van der Waals surface area contributed by atoms with Gasteiger partial charge in [-0.2, -0.15) is 0 Å². The minimum absolute atomic E-state index is 1.01. The van der Waals surface area contributed by atoms with Crippen LogP contribution in [0, 0.1) is 0 Å². The summed E-state index contributed by atoms with van der Waals surface area (Å²) in [7, 11) is 2.58. The van der Waals surface area contributed by atoms with Crippen LogP contribution in [0.4, 0.5) is 0 Å². The Morgan fingerprint density at radius 2 is 1.11 bits per heavy atom. The van der Waals surface area contributed by atoms with E-state index in [4.69, 9.17) is 11.6 Å². The summed E-state index contributed by atoms with van der Waals surface area (Å²) in [5, 5.41) is 1.01. The van der Waals surface area contributed by atoms with Gasteiger partial charge in [-0.25, -0.2) is 0 Å². The first-order valence-corrected chi connectivity index (χ1v) is 22.0. The first-order chi connectivity index (χ1) is 13.8. The molecule has 3 aliphatic carbocycles. The summed E-state index contributed by atoms with van der Waals surface area (Å²) in [4.78, 5) is 0. The predicted molar refractivity (Wildman–Crippen MR) is 129 cm³/mol. The molecule has 0 amide bonds. The van der Waals surface area contributed by atoms with E-state index in [0.29, 0.717) is 0 Å². The monoisotopic (exact) mass is 526 g/mol. The van der Waals surface area contributed by atoms with Gasteiger partial charge in [0.1, 0.15) is 0 Å². The van der Waals surface area contributed by atoms with Gasteiger partial charge >= 0.3 is 186 Å². The Balaban J connectivity index is 1.66. The summed E-state index contributed by atoms with van der Waals surface area (Å²) in [6, 6.07) is 8.70. The van der Waals surface area contributed by atoms with E-state index in [1.807, 2.05) is 0 Å². The number of hydrogen-bond acceptors (Lipinski definition) is 1. The average molecular weight is 526 g/mol. The molecule has 4 rings (SSSR count). The van der Waals surface area contributed by atoms with Crippen LogP contribution in [-0.4, -0.2) is 17.0 Å². The van der Waals surface area contributed by atoms with Gasteiger partial charge in [-0.3, -0.25) is 0 Å². The second-order valence-corrected chi connectivity index (χ2v) is 29.8. The molecule has 1 aromatic carbocycles. The summed E-state index contributed by atoms with van der Waals surface area (Å²) in [5.41, 5.74) is 1.41. The molecule has 156 valence electrons. The maximum absolute atomic E-state index is 6.62. The fraction of sp³-hybridized carbons (Fsp3) is 0.760. The Hall–Kier alpha value is 0.659. The summed E-state index contributed by atoms with van der Waals surface area (Å²) < 4.78 is 3.46. The molecule has 0 heterocycles. The van der Waals surface area contributed by atoms with Crippen LogP contribution < -0.4 is 0 Å². The SMILES string of the molecule is Clc1ccccc1C[S][Sn]([CH]1CCCCC1)([CH]1CCCCC1)[CH]1CCCCC1. The van der Waals surface area contributed by atoms with Crippen molar-refractivity contribution in [2.24, 2.45) is 0 Å². The molecular formula is C25H39ClSSn. The third-order valence-corrected chi connectivity index (χ3v) is 37.6. The van der Waals surface area contributed by atoms with Crippen molar-refractivity contribution >= 4 is 37.5 Å². The average Bonchev–Trinajstić information content (AvgIpc) is 2.78. The summed E-state index contributed by atoms with van der Waals surface area (Å²) in [5.74, 6) is 1.21. The zero-order valence-corrected chi connectivity index (χ0v) is 22.1. The van der Waals surface area contributed by atoms with Crippen molar-refractivity contribution in [2.45, 2.75) is 114 Å². The topological polar surface area (TPSA) is 0 Å². The van der Waals surface area contributed by atoms with Crippen LogP contribution in [0.3, 0.4) is 0 Å². The molecule has 0 saturated heterocycles. The zero-order valence-electron chi connectivity index (χ0n) is 17.6. The van der Waals surface area contributed by atoms with Crippen molar-refractivity contribution in [1.29, 1.82) is 0 Å². The van der Waals surface area contributed by atoms with Crippen molar-refractivity contribution < 1.29 is 0 Å². The molecule has 0 nitrogen and oxygen atoms in total. The molecule has 0 aliphatic heterocycles. The Kier molecular flexibility index (Phi) is 8.44. The van der Waals surface area contributed by atoms with Crippen LogP contribution in [-0.2, 0) is 5.75 Å². The van der Waals surface area contributed by atoms with Gasteiger partial charge in [0.25, 0.3) is 0 Å². The van der Waals surface area contributed by atoms with Gasteiger partial charge in [0.15, 0.2) is 0 Å². The van der Waals surface area contributed by atoms with Crippen LogP contribution >= 0.6 is 20.5 Å². The molecule has 28 heavy (non-hydrogen) atoms. The van der Waals surface area contributed by atoms with Crippen LogP contribution in [0.5, 0.6) is 0 Å². The molecule has 0 atom stereocenters. The molecule has 1 aromatic rings. The molecule has 0 bridgehead atoms. The second kappa shape index (κ2) is 10.8. The Morgan fingerprint density at radius 1 is 0.679 bits per heavy atom. The van der Waals surface area contributed by atoms with Gasteiger partial charge in [0, 0.05) is 0 Å². The van der Waals surface area contributed by atoms with E-state index in [1.54, 1.807) is 38.5 Å². The van der Waals surface area contributed by atoms with E-state index in [9.17, 15) is 0 Å². The van der Waals surface area contributed by atoms with Crippen LogP contribution in [0.2, 0.25) is 16.8 Å². The zero-order chi connectivity index (χ0) is 19.2. The van der Waals surface area contributed by atoms with Gasteiger partial charge in [-0.15, -0.1) is 0 Å². The van der Waals surface area contributed by atoms with Crippen LogP contribution in [0.25, 0.3) is 0 Å². The summed E-state index contributed by atoms with van der Waals surface area (Å²) >= 11 is 4.18.